The van der Waals surface area contributed by atoms with Crippen molar-refractivity contribution in [3.8, 4) is 11.4 Å². The Balaban J connectivity index is 1.68. The summed E-state index contributed by atoms with van der Waals surface area (Å²) in [5.74, 6) is -0.710. The number of aromatic nitrogens is 2. The van der Waals surface area contributed by atoms with Gasteiger partial charge in [0, 0.05) is 22.2 Å². The number of carbonyl (C=O) groups excluding carboxylic acids is 1. The summed E-state index contributed by atoms with van der Waals surface area (Å²) in [5, 5.41) is 12.2. The molecule has 4 heterocycles. The summed E-state index contributed by atoms with van der Waals surface area (Å²) in [5.41, 5.74) is 11.4. The molecule has 2 aromatic heterocycles. The SMILES string of the molecule is CC[C@@]1(O)C(=O)OCc2c1cc1n(c2=O)Cc2c-1nc1ccc(N)c3c1c2CC(C)(C)C3. The predicted molar refractivity (Wildman–Crippen MR) is 120 cm³/mol. The number of aliphatic hydroxyl groups is 1. The second-order valence-electron chi connectivity index (χ2n) is 10.1. The standard InChI is InChI=1S/C25H25N3O4/c1-4-25(31)16-7-19-21-14(10-28(19)22(29)15(16)11-32-23(25)30)12-8-24(2,3)9-13-17(26)5-6-18(27-21)20(12)13/h5-7,31H,4,8-11,26H2,1-3H3/t25-/m0/s1. The number of rotatable bonds is 1. The van der Waals surface area contributed by atoms with Crippen LogP contribution in [0, 0.1) is 5.41 Å². The summed E-state index contributed by atoms with van der Waals surface area (Å²) < 4.78 is 6.87. The third-order valence-electron chi connectivity index (χ3n) is 7.42. The summed E-state index contributed by atoms with van der Waals surface area (Å²) in [6.45, 7) is 6.47. The van der Waals surface area contributed by atoms with E-state index in [1.807, 2.05) is 12.1 Å². The van der Waals surface area contributed by atoms with Gasteiger partial charge in [-0.1, -0.05) is 20.8 Å². The molecule has 0 amide bonds. The lowest BCUT2D eigenvalue weighted by Crippen LogP contribution is -2.44. The van der Waals surface area contributed by atoms with Gasteiger partial charge < -0.3 is 20.1 Å². The second kappa shape index (κ2) is 5.98. The summed E-state index contributed by atoms with van der Waals surface area (Å²) >= 11 is 0. The van der Waals surface area contributed by atoms with Gasteiger partial charge in [0.05, 0.1) is 29.0 Å². The molecule has 1 atom stereocenters. The molecule has 0 spiro atoms. The van der Waals surface area contributed by atoms with Crippen LogP contribution in [0.2, 0.25) is 0 Å². The molecule has 0 saturated heterocycles. The lowest BCUT2D eigenvalue weighted by atomic mass is 9.72. The number of nitrogen functional groups attached to an aromatic ring is 1. The van der Waals surface area contributed by atoms with Crippen LogP contribution in [0.15, 0.2) is 23.0 Å². The normalized spacial score (nSPS) is 22.3. The molecule has 7 nitrogen and oxygen atoms in total. The number of benzene rings is 1. The van der Waals surface area contributed by atoms with Crippen LogP contribution in [-0.2, 0) is 41.1 Å². The van der Waals surface area contributed by atoms with Gasteiger partial charge in [-0.25, -0.2) is 9.78 Å². The predicted octanol–water partition coefficient (Wildman–Crippen LogP) is 2.79. The van der Waals surface area contributed by atoms with Crippen molar-refractivity contribution in [2.24, 2.45) is 5.41 Å². The monoisotopic (exact) mass is 431 g/mol. The summed E-state index contributed by atoms with van der Waals surface area (Å²) in [6.07, 6.45) is 1.88. The molecule has 6 rings (SSSR count). The van der Waals surface area contributed by atoms with E-state index < -0.39 is 11.6 Å². The number of nitrogens with zero attached hydrogens (tertiary/aromatic N) is 2. The van der Waals surface area contributed by atoms with Gasteiger partial charge in [0.2, 0.25) is 0 Å². The average Bonchev–Trinajstić information content (AvgIpc) is 3.12. The quantitative estimate of drug-likeness (QED) is 0.354. The van der Waals surface area contributed by atoms with Gasteiger partial charge in [-0.15, -0.1) is 0 Å². The molecule has 0 saturated carbocycles. The van der Waals surface area contributed by atoms with Gasteiger partial charge in [0.15, 0.2) is 5.60 Å². The Morgan fingerprint density at radius 2 is 1.91 bits per heavy atom. The number of nitrogens with two attached hydrogens (primary N) is 1. The third kappa shape index (κ3) is 2.32. The van der Waals surface area contributed by atoms with Gasteiger partial charge in [0.25, 0.3) is 5.56 Å². The second-order valence-corrected chi connectivity index (χ2v) is 10.1. The van der Waals surface area contributed by atoms with E-state index in [4.69, 9.17) is 15.5 Å². The van der Waals surface area contributed by atoms with E-state index in [0.717, 1.165) is 46.3 Å². The molecule has 3 aromatic rings. The maximum Gasteiger partial charge on any atom is 0.343 e. The van der Waals surface area contributed by atoms with Crippen LogP contribution in [0.25, 0.3) is 22.3 Å². The first-order valence-corrected chi connectivity index (χ1v) is 11.0. The molecule has 0 radical (unpaired) electrons. The Morgan fingerprint density at radius 3 is 2.66 bits per heavy atom. The van der Waals surface area contributed by atoms with Crippen molar-refractivity contribution in [3.63, 3.8) is 0 Å². The molecule has 3 N–H and O–H groups in total. The fraction of sp³-hybridized carbons (Fsp3) is 0.400. The molecule has 0 fully saturated rings. The average molecular weight is 431 g/mol. The van der Waals surface area contributed by atoms with Crippen molar-refractivity contribution in [1.82, 2.24) is 9.55 Å². The number of anilines is 1. The van der Waals surface area contributed by atoms with Crippen LogP contribution >= 0.6 is 0 Å². The van der Waals surface area contributed by atoms with Crippen molar-refractivity contribution in [1.29, 1.82) is 0 Å². The Labute approximate surface area is 184 Å². The van der Waals surface area contributed by atoms with E-state index in [1.165, 1.54) is 5.56 Å². The molecule has 7 heteroatoms. The van der Waals surface area contributed by atoms with Crippen LogP contribution < -0.4 is 11.3 Å². The fourth-order valence-corrected chi connectivity index (χ4v) is 5.76. The highest BCUT2D eigenvalue weighted by Gasteiger charge is 2.45. The van der Waals surface area contributed by atoms with Crippen molar-refractivity contribution < 1.29 is 14.6 Å². The zero-order chi connectivity index (χ0) is 22.6. The molecule has 0 bridgehead atoms. The third-order valence-corrected chi connectivity index (χ3v) is 7.42. The van der Waals surface area contributed by atoms with Crippen molar-refractivity contribution in [2.75, 3.05) is 5.73 Å². The topological polar surface area (TPSA) is 107 Å². The largest absolute Gasteiger partial charge is 0.458 e. The molecule has 0 unspecified atom stereocenters. The number of esters is 1. The molecule has 1 aromatic carbocycles. The van der Waals surface area contributed by atoms with Crippen molar-refractivity contribution in [2.45, 2.75) is 58.8 Å². The maximum absolute atomic E-state index is 13.5. The number of carbonyl (C=O) groups is 1. The zero-order valence-corrected chi connectivity index (χ0v) is 18.4. The number of fused-ring (bicyclic) bond motifs is 5. The highest BCUT2D eigenvalue weighted by atomic mass is 16.6. The molecule has 164 valence electrons. The fourth-order valence-electron chi connectivity index (χ4n) is 5.76. The van der Waals surface area contributed by atoms with Crippen LogP contribution in [0.4, 0.5) is 5.69 Å². The first kappa shape index (κ1) is 19.5. The van der Waals surface area contributed by atoms with Crippen LogP contribution in [-0.4, -0.2) is 20.6 Å². The van der Waals surface area contributed by atoms with Crippen molar-refractivity contribution in [3.05, 3.63) is 56.4 Å². The lowest BCUT2D eigenvalue weighted by molar-refractivity contribution is -0.172. The van der Waals surface area contributed by atoms with Gasteiger partial charge in [-0.2, -0.15) is 0 Å². The van der Waals surface area contributed by atoms with Gasteiger partial charge in [-0.3, -0.25) is 4.79 Å². The van der Waals surface area contributed by atoms with Crippen molar-refractivity contribution >= 4 is 22.6 Å². The number of ether oxygens (including phenoxy) is 1. The van der Waals surface area contributed by atoms with E-state index in [-0.39, 0.29) is 24.0 Å². The maximum atomic E-state index is 13.5. The first-order valence-electron chi connectivity index (χ1n) is 11.0. The summed E-state index contributed by atoms with van der Waals surface area (Å²) in [4.78, 5) is 30.8. The molecule has 2 aliphatic heterocycles. The van der Waals surface area contributed by atoms with E-state index in [9.17, 15) is 14.7 Å². The number of hydrogen-bond acceptors (Lipinski definition) is 6. The molecular formula is C25H25N3O4. The van der Waals surface area contributed by atoms with Crippen LogP contribution in [0.3, 0.4) is 0 Å². The molecular weight excluding hydrogens is 406 g/mol. The van der Waals surface area contributed by atoms with E-state index in [2.05, 4.69) is 13.8 Å². The highest BCUT2D eigenvalue weighted by Crippen LogP contribution is 2.46. The van der Waals surface area contributed by atoms with Crippen LogP contribution in [0.1, 0.15) is 55.0 Å². The molecule has 1 aliphatic carbocycles. The minimum absolute atomic E-state index is 0.0340. The number of hydrogen-bond donors (Lipinski definition) is 2. The first-order chi connectivity index (χ1) is 15.1. The van der Waals surface area contributed by atoms with E-state index in [0.29, 0.717) is 23.4 Å². The highest BCUT2D eigenvalue weighted by molar-refractivity contribution is 5.94. The summed E-state index contributed by atoms with van der Waals surface area (Å²) in [7, 11) is 0. The zero-order valence-electron chi connectivity index (χ0n) is 18.4. The minimum Gasteiger partial charge on any atom is -0.458 e. The Kier molecular flexibility index (Phi) is 3.64. The summed E-state index contributed by atoms with van der Waals surface area (Å²) in [6, 6.07) is 5.61. The van der Waals surface area contributed by atoms with Crippen LogP contribution in [0.5, 0.6) is 0 Å². The minimum atomic E-state index is -1.82. The number of cyclic esters (lactones) is 1. The van der Waals surface area contributed by atoms with Gasteiger partial charge in [-0.05, 0) is 54.0 Å². The Hall–Kier alpha value is -3.19. The van der Waals surface area contributed by atoms with E-state index >= 15 is 0 Å². The van der Waals surface area contributed by atoms with E-state index in [1.54, 1.807) is 17.6 Å². The van der Waals surface area contributed by atoms with Gasteiger partial charge in [0.1, 0.15) is 6.61 Å². The Bertz CT molecular complexity index is 1440. The molecule has 32 heavy (non-hydrogen) atoms. The van der Waals surface area contributed by atoms with Gasteiger partial charge >= 0.3 is 5.97 Å². The molecule has 3 aliphatic rings. The lowest BCUT2D eigenvalue weighted by Gasteiger charge is -2.33. The number of pyridine rings is 2. The Morgan fingerprint density at radius 1 is 1.16 bits per heavy atom. The smallest absolute Gasteiger partial charge is 0.343 e.